The van der Waals surface area contributed by atoms with Gasteiger partial charge in [-0.2, -0.15) is 11.8 Å². The quantitative estimate of drug-likeness (QED) is 0.756. The van der Waals surface area contributed by atoms with Crippen molar-refractivity contribution in [1.29, 1.82) is 0 Å². The SMILES string of the molecule is CNCC(C)CSC1CCCC(C)C1. The number of rotatable bonds is 5. The van der Waals surface area contributed by atoms with Gasteiger partial charge < -0.3 is 5.32 Å². The Morgan fingerprint density at radius 2 is 2.21 bits per heavy atom. The van der Waals surface area contributed by atoms with E-state index in [4.69, 9.17) is 0 Å². The zero-order chi connectivity index (χ0) is 10.4. The van der Waals surface area contributed by atoms with Crippen LogP contribution in [0.15, 0.2) is 0 Å². The lowest BCUT2D eigenvalue weighted by molar-refractivity contribution is 0.393. The summed E-state index contributed by atoms with van der Waals surface area (Å²) in [7, 11) is 2.05. The zero-order valence-corrected chi connectivity index (χ0v) is 10.7. The molecule has 0 heterocycles. The van der Waals surface area contributed by atoms with E-state index in [9.17, 15) is 0 Å². The minimum atomic E-state index is 0.822. The van der Waals surface area contributed by atoms with Crippen molar-refractivity contribution in [2.45, 2.75) is 44.8 Å². The first-order chi connectivity index (χ1) is 6.72. The topological polar surface area (TPSA) is 12.0 Å². The van der Waals surface area contributed by atoms with Gasteiger partial charge in [-0.15, -0.1) is 0 Å². The molecule has 0 aromatic carbocycles. The summed E-state index contributed by atoms with van der Waals surface area (Å²) in [5.41, 5.74) is 0. The Hall–Kier alpha value is 0.310. The van der Waals surface area contributed by atoms with Gasteiger partial charge in [0.15, 0.2) is 0 Å². The highest BCUT2D eigenvalue weighted by atomic mass is 32.2. The molecule has 3 unspecified atom stereocenters. The highest BCUT2D eigenvalue weighted by molar-refractivity contribution is 7.99. The van der Waals surface area contributed by atoms with Crippen LogP contribution in [-0.2, 0) is 0 Å². The number of hydrogen-bond donors (Lipinski definition) is 1. The van der Waals surface area contributed by atoms with Gasteiger partial charge in [-0.25, -0.2) is 0 Å². The van der Waals surface area contributed by atoms with Crippen molar-refractivity contribution in [2.24, 2.45) is 11.8 Å². The molecular weight excluding hydrogens is 190 g/mol. The third-order valence-corrected chi connectivity index (χ3v) is 4.72. The predicted octanol–water partition coefficient (Wildman–Crippen LogP) is 3.15. The molecule has 2 heteroatoms. The zero-order valence-electron chi connectivity index (χ0n) is 9.88. The molecule has 1 fully saturated rings. The molecule has 0 aromatic rings. The third kappa shape index (κ3) is 4.70. The number of thioether (sulfide) groups is 1. The maximum absolute atomic E-state index is 3.25. The van der Waals surface area contributed by atoms with Crippen LogP contribution < -0.4 is 5.32 Å². The fraction of sp³-hybridized carbons (Fsp3) is 1.00. The molecule has 0 spiro atoms. The van der Waals surface area contributed by atoms with E-state index in [0.717, 1.165) is 23.6 Å². The first kappa shape index (κ1) is 12.4. The molecule has 1 aliphatic carbocycles. The smallest absolute Gasteiger partial charge is 0.00497 e. The summed E-state index contributed by atoms with van der Waals surface area (Å²) in [6.45, 7) is 5.91. The Kier molecular flexibility index (Phi) is 5.95. The lowest BCUT2D eigenvalue weighted by Crippen LogP contribution is -2.21. The number of nitrogens with one attached hydrogen (secondary N) is 1. The van der Waals surface area contributed by atoms with E-state index in [2.05, 4.69) is 30.9 Å². The molecule has 3 atom stereocenters. The summed E-state index contributed by atoms with van der Waals surface area (Å²) >= 11 is 2.21. The van der Waals surface area contributed by atoms with Gasteiger partial charge in [0.1, 0.15) is 0 Å². The summed E-state index contributed by atoms with van der Waals surface area (Å²) in [5.74, 6) is 3.13. The van der Waals surface area contributed by atoms with Crippen LogP contribution in [-0.4, -0.2) is 24.6 Å². The highest BCUT2D eigenvalue weighted by Gasteiger charge is 2.19. The Balaban J connectivity index is 2.10. The van der Waals surface area contributed by atoms with Crippen LogP contribution in [0.4, 0.5) is 0 Å². The van der Waals surface area contributed by atoms with E-state index in [1.54, 1.807) is 0 Å². The number of hydrogen-bond acceptors (Lipinski definition) is 2. The van der Waals surface area contributed by atoms with E-state index >= 15 is 0 Å². The monoisotopic (exact) mass is 215 g/mol. The van der Waals surface area contributed by atoms with Crippen LogP contribution in [0, 0.1) is 11.8 Å². The molecule has 0 amide bonds. The Morgan fingerprint density at radius 1 is 1.43 bits per heavy atom. The summed E-state index contributed by atoms with van der Waals surface area (Å²) in [6.07, 6.45) is 5.83. The van der Waals surface area contributed by atoms with Gasteiger partial charge in [0.25, 0.3) is 0 Å². The van der Waals surface area contributed by atoms with E-state index in [1.807, 2.05) is 7.05 Å². The molecule has 0 saturated heterocycles. The lowest BCUT2D eigenvalue weighted by atomic mass is 9.91. The molecular formula is C12H25NS. The van der Waals surface area contributed by atoms with Gasteiger partial charge in [0.05, 0.1) is 0 Å². The summed E-state index contributed by atoms with van der Waals surface area (Å²) < 4.78 is 0. The molecule has 0 aliphatic heterocycles. The molecule has 1 saturated carbocycles. The third-order valence-electron chi connectivity index (χ3n) is 3.06. The second-order valence-corrected chi connectivity index (χ2v) is 6.22. The normalized spacial score (nSPS) is 30.2. The van der Waals surface area contributed by atoms with E-state index in [-0.39, 0.29) is 0 Å². The van der Waals surface area contributed by atoms with Gasteiger partial charge in [0.2, 0.25) is 0 Å². The molecule has 1 N–H and O–H groups in total. The van der Waals surface area contributed by atoms with Crippen LogP contribution in [0.25, 0.3) is 0 Å². The molecule has 84 valence electrons. The second kappa shape index (κ2) is 6.73. The largest absolute Gasteiger partial charge is 0.319 e. The predicted molar refractivity (Wildman–Crippen MR) is 67.0 cm³/mol. The van der Waals surface area contributed by atoms with E-state index in [0.29, 0.717) is 0 Å². The van der Waals surface area contributed by atoms with E-state index in [1.165, 1.54) is 31.4 Å². The van der Waals surface area contributed by atoms with Crippen molar-refractivity contribution < 1.29 is 0 Å². The van der Waals surface area contributed by atoms with Crippen molar-refractivity contribution in [3.8, 4) is 0 Å². The first-order valence-electron chi connectivity index (χ1n) is 5.98. The lowest BCUT2D eigenvalue weighted by Gasteiger charge is -2.27. The Labute approximate surface area is 93.4 Å². The minimum Gasteiger partial charge on any atom is -0.319 e. The van der Waals surface area contributed by atoms with E-state index < -0.39 is 0 Å². The molecule has 1 nitrogen and oxygen atoms in total. The average Bonchev–Trinajstić information content (AvgIpc) is 2.15. The molecule has 0 aromatic heterocycles. The fourth-order valence-electron chi connectivity index (χ4n) is 2.24. The molecule has 0 radical (unpaired) electrons. The van der Waals surface area contributed by atoms with Crippen molar-refractivity contribution in [3.05, 3.63) is 0 Å². The van der Waals surface area contributed by atoms with Crippen molar-refractivity contribution in [3.63, 3.8) is 0 Å². The van der Waals surface area contributed by atoms with Crippen LogP contribution in [0.3, 0.4) is 0 Å². The standard InChI is InChI=1S/C12H25NS/c1-10-5-4-6-12(7-10)14-9-11(2)8-13-3/h10-13H,4-9H2,1-3H3. The Morgan fingerprint density at radius 3 is 2.86 bits per heavy atom. The highest BCUT2D eigenvalue weighted by Crippen LogP contribution is 2.32. The van der Waals surface area contributed by atoms with Crippen molar-refractivity contribution in [1.82, 2.24) is 5.32 Å². The first-order valence-corrected chi connectivity index (χ1v) is 7.03. The molecule has 1 rings (SSSR count). The maximum Gasteiger partial charge on any atom is 0.00497 e. The van der Waals surface area contributed by atoms with Gasteiger partial charge in [0, 0.05) is 5.25 Å². The fourth-order valence-corrected chi connectivity index (χ4v) is 3.75. The van der Waals surface area contributed by atoms with Crippen molar-refractivity contribution >= 4 is 11.8 Å². The maximum atomic E-state index is 3.25. The summed E-state index contributed by atoms with van der Waals surface area (Å²) in [5, 5.41) is 4.21. The van der Waals surface area contributed by atoms with Crippen LogP contribution in [0.1, 0.15) is 39.5 Å². The second-order valence-electron chi connectivity index (χ2n) is 4.89. The molecule has 1 aliphatic rings. The van der Waals surface area contributed by atoms with Crippen LogP contribution in [0.5, 0.6) is 0 Å². The van der Waals surface area contributed by atoms with Gasteiger partial charge >= 0.3 is 0 Å². The average molecular weight is 215 g/mol. The Bertz CT molecular complexity index is 149. The van der Waals surface area contributed by atoms with Crippen LogP contribution >= 0.6 is 11.8 Å². The minimum absolute atomic E-state index is 0.822. The van der Waals surface area contributed by atoms with Gasteiger partial charge in [-0.1, -0.05) is 26.7 Å². The van der Waals surface area contributed by atoms with Gasteiger partial charge in [-0.05, 0) is 44.0 Å². The van der Waals surface area contributed by atoms with Crippen LogP contribution in [0.2, 0.25) is 0 Å². The molecule has 0 bridgehead atoms. The summed E-state index contributed by atoms with van der Waals surface area (Å²) in [4.78, 5) is 0. The van der Waals surface area contributed by atoms with Gasteiger partial charge in [-0.3, -0.25) is 0 Å². The summed E-state index contributed by atoms with van der Waals surface area (Å²) in [6, 6.07) is 0. The van der Waals surface area contributed by atoms with Crippen molar-refractivity contribution in [2.75, 3.05) is 19.3 Å². The molecule has 14 heavy (non-hydrogen) atoms.